The van der Waals surface area contributed by atoms with Gasteiger partial charge in [0.05, 0.1) is 18.9 Å². The minimum atomic E-state index is -0.729. The summed E-state index contributed by atoms with van der Waals surface area (Å²) in [4.78, 5) is 35.9. The summed E-state index contributed by atoms with van der Waals surface area (Å²) in [5.74, 6) is -1.44. The molecular formula is C15H15NO5S. The van der Waals surface area contributed by atoms with Crippen LogP contribution in [0.5, 0.6) is 0 Å². The summed E-state index contributed by atoms with van der Waals surface area (Å²) in [5.41, 5.74) is 0.392. The Morgan fingerprint density at radius 3 is 2.23 bits per heavy atom. The van der Waals surface area contributed by atoms with E-state index in [2.05, 4.69) is 0 Å². The van der Waals surface area contributed by atoms with E-state index in [1.165, 1.54) is 4.57 Å². The SMILES string of the molecule is CCOC(=O)c1sc(=O)n(-c2ccccc2)c1C(=O)OCC. The van der Waals surface area contributed by atoms with E-state index in [1.54, 1.807) is 44.2 Å². The monoisotopic (exact) mass is 321 g/mol. The van der Waals surface area contributed by atoms with Crippen molar-refractivity contribution in [2.75, 3.05) is 13.2 Å². The molecule has 22 heavy (non-hydrogen) atoms. The lowest BCUT2D eigenvalue weighted by molar-refractivity contribution is 0.0476. The smallest absolute Gasteiger partial charge is 0.357 e. The van der Waals surface area contributed by atoms with Gasteiger partial charge in [0, 0.05) is 0 Å². The number of aromatic nitrogens is 1. The topological polar surface area (TPSA) is 74.6 Å². The van der Waals surface area contributed by atoms with E-state index in [1.807, 2.05) is 0 Å². The largest absolute Gasteiger partial charge is 0.462 e. The van der Waals surface area contributed by atoms with Crippen LogP contribution in [0.3, 0.4) is 0 Å². The minimum absolute atomic E-state index is 0.0471. The van der Waals surface area contributed by atoms with E-state index >= 15 is 0 Å². The van der Waals surface area contributed by atoms with Crippen molar-refractivity contribution >= 4 is 23.3 Å². The highest BCUT2D eigenvalue weighted by Gasteiger charge is 2.28. The Morgan fingerprint density at radius 2 is 1.64 bits per heavy atom. The summed E-state index contributed by atoms with van der Waals surface area (Å²) >= 11 is 0.670. The second-order valence-electron chi connectivity index (χ2n) is 4.16. The molecule has 0 amide bonds. The fourth-order valence-corrected chi connectivity index (χ4v) is 2.78. The highest BCUT2D eigenvalue weighted by atomic mass is 32.1. The molecule has 0 spiro atoms. The summed E-state index contributed by atoms with van der Waals surface area (Å²) in [6, 6.07) is 8.60. The third kappa shape index (κ3) is 3.09. The first kappa shape index (κ1) is 16.0. The number of carbonyl (C=O) groups excluding carboxylic acids is 2. The Labute approximate surface area is 130 Å². The van der Waals surface area contributed by atoms with Crippen molar-refractivity contribution in [3.63, 3.8) is 0 Å². The maximum atomic E-state index is 12.2. The Hall–Kier alpha value is -2.41. The third-order valence-electron chi connectivity index (χ3n) is 2.75. The fraction of sp³-hybridized carbons (Fsp3) is 0.267. The maximum Gasteiger partial charge on any atom is 0.357 e. The molecule has 0 saturated carbocycles. The van der Waals surface area contributed by atoms with Crippen molar-refractivity contribution in [3.05, 3.63) is 50.6 Å². The van der Waals surface area contributed by atoms with Gasteiger partial charge in [-0.15, -0.1) is 0 Å². The second-order valence-corrected chi connectivity index (χ2v) is 5.12. The van der Waals surface area contributed by atoms with E-state index in [0.717, 1.165) is 0 Å². The van der Waals surface area contributed by atoms with Crippen molar-refractivity contribution in [2.45, 2.75) is 13.8 Å². The minimum Gasteiger partial charge on any atom is -0.462 e. The Morgan fingerprint density at radius 1 is 1.05 bits per heavy atom. The van der Waals surface area contributed by atoms with Crippen molar-refractivity contribution < 1.29 is 19.1 Å². The van der Waals surface area contributed by atoms with Gasteiger partial charge < -0.3 is 9.47 Å². The molecule has 0 bridgehead atoms. The van der Waals surface area contributed by atoms with Gasteiger partial charge in [-0.25, -0.2) is 9.59 Å². The molecule has 0 aliphatic carbocycles. The number of ether oxygens (including phenoxy) is 2. The number of esters is 2. The molecule has 0 radical (unpaired) electrons. The van der Waals surface area contributed by atoms with E-state index in [-0.39, 0.29) is 23.8 Å². The van der Waals surface area contributed by atoms with Crippen LogP contribution in [0.1, 0.15) is 34.0 Å². The van der Waals surface area contributed by atoms with Crippen LogP contribution in [0.15, 0.2) is 35.1 Å². The number of carbonyl (C=O) groups is 2. The van der Waals surface area contributed by atoms with E-state index in [4.69, 9.17) is 9.47 Å². The van der Waals surface area contributed by atoms with Crippen molar-refractivity contribution in [1.82, 2.24) is 4.57 Å². The normalized spacial score (nSPS) is 10.3. The molecule has 7 heteroatoms. The van der Waals surface area contributed by atoms with E-state index < -0.39 is 16.8 Å². The zero-order valence-corrected chi connectivity index (χ0v) is 13.0. The molecule has 2 rings (SSSR count). The van der Waals surface area contributed by atoms with E-state index in [9.17, 15) is 14.4 Å². The fourth-order valence-electron chi connectivity index (χ4n) is 1.90. The first-order valence-corrected chi connectivity index (χ1v) is 7.57. The molecule has 0 N–H and O–H groups in total. The molecule has 0 aliphatic heterocycles. The number of hydrogen-bond donors (Lipinski definition) is 0. The van der Waals surface area contributed by atoms with Crippen LogP contribution in [-0.4, -0.2) is 29.7 Å². The van der Waals surface area contributed by atoms with Crippen LogP contribution in [0.4, 0.5) is 0 Å². The van der Waals surface area contributed by atoms with Gasteiger partial charge in [-0.05, 0) is 26.0 Å². The average Bonchev–Trinajstić information content (AvgIpc) is 2.86. The maximum absolute atomic E-state index is 12.2. The third-order valence-corrected chi connectivity index (χ3v) is 3.68. The molecule has 1 aromatic heterocycles. The van der Waals surface area contributed by atoms with Crippen molar-refractivity contribution in [3.8, 4) is 5.69 Å². The molecule has 0 unspecified atom stereocenters. The summed E-state index contributed by atoms with van der Waals surface area (Å²) in [7, 11) is 0. The van der Waals surface area contributed by atoms with Gasteiger partial charge in [0.25, 0.3) is 0 Å². The summed E-state index contributed by atoms with van der Waals surface area (Å²) in [6.45, 7) is 3.59. The molecule has 116 valence electrons. The lowest BCUT2D eigenvalue weighted by atomic mass is 10.3. The zero-order chi connectivity index (χ0) is 16.1. The highest BCUT2D eigenvalue weighted by molar-refractivity contribution is 7.11. The van der Waals surface area contributed by atoms with Gasteiger partial charge in [0.2, 0.25) is 0 Å². The molecule has 0 saturated heterocycles. The van der Waals surface area contributed by atoms with Gasteiger partial charge in [-0.3, -0.25) is 9.36 Å². The number of para-hydroxylation sites is 1. The molecule has 0 atom stereocenters. The van der Waals surface area contributed by atoms with Crippen LogP contribution in [0.2, 0.25) is 0 Å². The lowest BCUT2D eigenvalue weighted by Gasteiger charge is -2.08. The lowest BCUT2D eigenvalue weighted by Crippen LogP contribution is -2.20. The summed E-state index contributed by atoms with van der Waals surface area (Å²) in [6.07, 6.45) is 0. The Bertz CT molecular complexity index is 732. The quantitative estimate of drug-likeness (QED) is 0.790. The van der Waals surface area contributed by atoms with Gasteiger partial charge in [-0.2, -0.15) is 0 Å². The van der Waals surface area contributed by atoms with Gasteiger partial charge >= 0.3 is 16.8 Å². The molecule has 0 fully saturated rings. The van der Waals surface area contributed by atoms with Crippen LogP contribution in [0.25, 0.3) is 5.69 Å². The van der Waals surface area contributed by atoms with Crippen LogP contribution in [-0.2, 0) is 9.47 Å². The van der Waals surface area contributed by atoms with Gasteiger partial charge in [0.1, 0.15) is 4.88 Å². The first-order valence-electron chi connectivity index (χ1n) is 6.75. The van der Waals surface area contributed by atoms with Crippen LogP contribution < -0.4 is 4.87 Å². The number of nitrogens with zero attached hydrogens (tertiary/aromatic N) is 1. The van der Waals surface area contributed by atoms with Crippen LogP contribution >= 0.6 is 11.3 Å². The Balaban J connectivity index is 2.65. The molecule has 0 aliphatic rings. The predicted octanol–water partition coefficient (Wildman–Crippen LogP) is 2.25. The predicted molar refractivity (Wildman–Crippen MR) is 81.8 cm³/mol. The Kier molecular flexibility index (Phi) is 5.11. The summed E-state index contributed by atoms with van der Waals surface area (Å²) in [5, 5.41) is 0. The molecule has 2 aromatic rings. The van der Waals surface area contributed by atoms with Gasteiger partial charge in [-0.1, -0.05) is 29.5 Å². The number of benzene rings is 1. The van der Waals surface area contributed by atoms with Crippen molar-refractivity contribution in [2.24, 2.45) is 0 Å². The zero-order valence-electron chi connectivity index (χ0n) is 12.2. The second kappa shape index (κ2) is 7.04. The number of hydrogen-bond acceptors (Lipinski definition) is 6. The molecule has 1 aromatic carbocycles. The van der Waals surface area contributed by atoms with Crippen molar-refractivity contribution in [1.29, 1.82) is 0 Å². The molecular weight excluding hydrogens is 306 g/mol. The standard InChI is InChI=1S/C15H15NO5S/c1-3-20-13(17)11-12(14(18)21-4-2)22-15(19)16(11)10-8-6-5-7-9-10/h5-9H,3-4H2,1-2H3. The molecule has 1 heterocycles. The first-order chi connectivity index (χ1) is 10.6. The van der Waals surface area contributed by atoms with Gasteiger partial charge in [0.15, 0.2) is 5.69 Å². The summed E-state index contributed by atoms with van der Waals surface area (Å²) < 4.78 is 11.1. The number of rotatable bonds is 5. The average molecular weight is 321 g/mol. The highest BCUT2D eigenvalue weighted by Crippen LogP contribution is 2.20. The van der Waals surface area contributed by atoms with Crippen LogP contribution in [0, 0.1) is 0 Å². The van der Waals surface area contributed by atoms with E-state index in [0.29, 0.717) is 17.0 Å². The molecule has 6 nitrogen and oxygen atoms in total. The number of thiazole rings is 1.